The first-order chi connectivity index (χ1) is 10.6. The quantitative estimate of drug-likeness (QED) is 0.839. The molecule has 1 unspecified atom stereocenters. The van der Waals surface area contributed by atoms with E-state index >= 15 is 0 Å². The predicted octanol–water partition coefficient (Wildman–Crippen LogP) is 1.60. The monoisotopic (exact) mass is 320 g/mol. The molecule has 118 valence electrons. The Kier molecular flexibility index (Phi) is 4.26. The zero-order chi connectivity index (χ0) is 15.6. The van der Waals surface area contributed by atoms with Gasteiger partial charge in [-0.3, -0.25) is 0 Å². The maximum Gasteiger partial charge on any atom is 0.279 e. The molecule has 1 aliphatic rings. The average Bonchev–Trinajstić information content (AvgIpc) is 3.15. The fourth-order valence-corrected chi connectivity index (χ4v) is 4.75. The van der Waals surface area contributed by atoms with Gasteiger partial charge in [-0.25, -0.2) is 8.42 Å². The molecule has 22 heavy (non-hydrogen) atoms. The largest absolute Gasteiger partial charge is 0.306 e. The summed E-state index contributed by atoms with van der Waals surface area (Å²) in [5, 5.41) is 7.48. The maximum atomic E-state index is 12.7. The van der Waals surface area contributed by atoms with Crippen LogP contribution < -0.4 is 0 Å². The van der Waals surface area contributed by atoms with E-state index in [-0.39, 0.29) is 11.2 Å². The van der Waals surface area contributed by atoms with Gasteiger partial charge in [-0.15, -0.1) is 10.2 Å². The minimum absolute atomic E-state index is 0.0270. The van der Waals surface area contributed by atoms with Gasteiger partial charge in [-0.05, 0) is 31.2 Å². The second kappa shape index (κ2) is 6.18. The normalized spacial score (nSPS) is 19.6. The number of sulfonamides is 1. The lowest BCUT2D eigenvalue weighted by molar-refractivity contribution is 0.365. The van der Waals surface area contributed by atoms with E-state index < -0.39 is 10.0 Å². The van der Waals surface area contributed by atoms with Gasteiger partial charge >= 0.3 is 0 Å². The maximum absolute atomic E-state index is 12.7. The van der Waals surface area contributed by atoms with Crippen LogP contribution in [-0.2, 0) is 23.5 Å². The first-order valence-electron chi connectivity index (χ1n) is 7.49. The molecule has 0 saturated carbocycles. The van der Waals surface area contributed by atoms with Gasteiger partial charge in [0, 0.05) is 19.6 Å². The summed E-state index contributed by atoms with van der Waals surface area (Å²) in [5.74, 6) is 0. The van der Waals surface area contributed by atoms with Gasteiger partial charge in [-0.1, -0.05) is 30.3 Å². The van der Waals surface area contributed by atoms with Crippen molar-refractivity contribution in [1.29, 1.82) is 0 Å². The summed E-state index contributed by atoms with van der Waals surface area (Å²) in [4.78, 5) is 0. The highest BCUT2D eigenvalue weighted by Crippen LogP contribution is 2.27. The molecule has 0 bridgehead atoms. The molecule has 0 aliphatic carbocycles. The molecular formula is C15H20N4O2S. The summed E-state index contributed by atoms with van der Waals surface area (Å²) in [6.07, 6.45) is 4.94. The smallest absolute Gasteiger partial charge is 0.279 e. The average molecular weight is 320 g/mol. The van der Waals surface area contributed by atoms with Crippen molar-refractivity contribution >= 4 is 10.0 Å². The molecule has 1 atom stereocenters. The van der Waals surface area contributed by atoms with Crippen molar-refractivity contribution in [2.75, 3.05) is 6.54 Å². The topological polar surface area (TPSA) is 68.1 Å². The molecule has 1 fully saturated rings. The van der Waals surface area contributed by atoms with Crippen molar-refractivity contribution in [3.8, 4) is 0 Å². The lowest BCUT2D eigenvalue weighted by atomic mass is 10.0. The highest BCUT2D eigenvalue weighted by Gasteiger charge is 2.37. The minimum atomic E-state index is -3.56. The van der Waals surface area contributed by atoms with Crippen LogP contribution in [0.4, 0.5) is 0 Å². The first kappa shape index (κ1) is 15.2. The summed E-state index contributed by atoms with van der Waals surface area (Å²) in [6.45, 7) is 0.564. The van der Waals surface area contributed by atoms with Crippen LogP contribution in [0.2, 0.25) is 0 Å². The van der Waals surface area contributed by atoms with E-state index in [0.717, 1.165) is 25.7 Å². The lowest BCUT2D eigenvalue weighted by Crippen LogP contribution is -2.37. The molecule has 0 amide bonds. The first-order valence-corrected chi connectivity index (χ1v) is 8.93. The van der Waals surface area contributed by atoms with Gasteiger partial charge in [0.2, 0.25) is 0 Å². The molecule has 2 aromatic rings. The van der Waals surface area contributed by atoms with E-state index in [1.165, 1.54) is 16.5 Å². The van der Waals surface area contributed by atoms with Crippen LogP contribution in [0.5, 0.6) is 0 Å². The SMILES string of the molecule is Cn1cnnc1S(=O)(=O)N1CCCC1CCc1ccccc1. The molecule has 1 aromatic heterocycles. The Labute approximate surface area is 130 Å². The molecular weight excluding hydrogens is 300 g/mol. The van der Waals surface area contributed by atoms with Crippen LogP contribution in [0.15, 0.2) is 41.8 Å². The zero-order valence-corrected chi connectivity index (χ0v) is 13.4. The number of aromatic nitrogens is 3. The van der Waals surface area contributed by atoms with Crippen LogP contribution in [0, 0.1) is 0 Å². The van der Waals surface area contributed by atoms with E-state index in [1.54, 1.807) is 11.4 Å². The molecule has 0 spiro atoms. The Balaban J connectivity index is 1.74. The number of hydrogen-bond donors (Lipinski definition) is 0. The molecule has 7 heteroatoms. The summed E-state index contributed by atoms with van der Waals surface area (Å²) in [6, 6.07) is 10.2. The third kappa shape index (κ3) is 2.91. The summed E-state index contributed by atoms with van der Waals surface area (Å²) in [7, 11) is -1.90. The Hall–Kier alpha value is -1.73. The van der Waals surface area contributed by atoms with E-state index in [0.29, 0.717) is 6.54 Å². The zero-order valence-electron chi connectivity index (χ0n) is 12.6. The van der Waals surface area contributed by atoms with Crippen molar-refractivity contribution in [3.05, 3.63) is 42.2 Å². The molecule has 1 aromatic carbocycles. The van der Waals surface area contributed by atoms with Crippen LogP contribution in [0.25, 0.3) is 0 Å². The van der Waals surface area contributed by atoms with Crippen LogP contribution in [0.3, 0.4) is 0 Å². The number of benzene rings is 1. The number of nitrogens with zero attached hydrogens (tertiary/aromatic N) is 4. The second-order valence-corrected chi connectivity index (χ2v) is 7.44. The summed E-state index contributed by atoms with van der Waals surface area (Å²) in [5.41, 5.74) is 1.24. The van der Waals surface area contributed by atoms with Crippen molar-refractivity contribution in [2.45, 2.75) is 36.9 Å². The standard InChI is InChI=1S/C15H20N4O2S/c1-18-12-16-17-15(18)22(20,21)19-11-5-8-14(19)10-9-13-6-3-2-4-7-13/h2-4,6-7,12,14H,5,8-11H2,1H3. The van der Waals surface area contributed by atoms with Gasteiger partial charge in [-0.2, -0.15) is 4.31 Å². The molecule has 3 rings (SSSR count). The Morgan fingerprint density at radius 1 is 1.27 bits per heavy atom. The minimum Gasteiger partial charge on any atom is -0.306 e. The molecule has 6 nitrogen and oxygen atoms in total. The summed E-state index contributed by atoms with van der Waals surface area (Å²) >= 11 is 0. The third-order valence-corrected chi connectivity index (χ3v) is 6.07. The van der Waals surface area contributed by atoms with Crippen molar-refractivity contribution in [1.82, 2.24) is 19.1 Å². The van der Waals surface area contributed by atoms with Gasteiger partial charge in [0.15, 0.2) is 0 Å². The molecule has 1 saturated heterocycles. The fraction of sp³-hybridized carbons (Fsp3) is 0.467. The molecule has 0 N–H and O–H groups in total. The highest BCUT2D eigenvalue weighted by molar-refractivity contribution is 7.89. The van der Waals surface area contributed by atoms with Gasteiger partial charge in [0.05, 0.1) is 0 Å². The van der Waals surface area contributed by atoms with E-state index in [1.807, 2.05) is 18.2 Å². The summed E-state index contributed by atoms with van der Waals surface area (Å²) < 4.78 is 28.5. The fourth-order valence-electron chi connectivity index (χ4n) is 3.00. The predicted molar refractivity (Wildman–Crippen MR) is 82.7 cm³/mol. The van der Waals surface area contributed by atoms with Gasteiger partial charge in [0.25, 0.3) is 15.2 Å². The number of rotatable bonds is 5. The Bertz CT molecular complexity index is 727. The van der Waals surface area contributed by atoms with Crippen LogP contribution in [-0.4, -0.2) is 40.1 Å². The van der Waals surface area contributed by atoms with Crippen LogP contribution in [0.1, 0.15) is 24.8 Å². The van der Waals surface area contributed by atoms with Crippen molar-refractivity contribution < 1.29 is 8.42 Å². The molecule has 1 aliphatic heterocycles. The lowest BCUT2D eigenvalue weighted by Gasteiger charge is -2.23. The third-order valence-electron chi connectivity index (χ3n) is 4.14. The van der Waals surface area contributed by atoms with E-state index in [4.69, 9.17) is 0 Å². The van der Waals surface area contributed by atoms with Gasteiger partial charge in [0.1, 0.15) is 6.33 Å². The van der Waals surface area contributed by atoms with Gasteiger partial charge < -0.3 is 4.57 Å². The van der Waals surface area contributed by atoms with Crippen molar-refractivity contribution in [3.63, 3.8) is 0 Å². The Morgan fingerprint density at radius 2 is 2.05 bits per heavy atom. The van der Waals surface area contributed by atoms with E-state index in [9.17, 15) is 8.42 Å². The highest BCUT2D eigenvalue weighted by atomic mass is 32.2. The Morgan fingerprint density at radius 3 is 2.73 bits per heavy atom. The number of aryl methyl sites for hydroxylation is 2. The molecule has 0 radical (unpaired) electrons. The molecule has 2 heterocycles. The van der Waals surface area contributed by atoms with Crippen LogP contribution >= 0.6 is 0 Å². The number of hydrogen-bond acceptors (Lipinski definition) is 4. The second-order valence-electron chi connectivity index (χ2n) is 5.66. The van der Waals surface area contributed by atoms with E-state index in [2.05, 4.69) is 22.3 Å². The van der Waals surface area contributed by atoms with Crippen molar-refractivity contribution in [2.24, 2.45) is 7.05 Å².